The Balaban J connectivity index is 3.41. The van der Waals surface area contributed by atoms with E-state index >= 15 is 0 Å². The molecular formula is C9H9NO5. The number of Topliss-reactive ketones (excluding diaryl/α,β-unsaturated/α-hetero) is 1. The monoisotopic (exact) mass is 211 g/mol. The van der Waals surface area contributed by atoms with Gasteiger partial charge in [0.2, 0.25) is 5.75 Å². The molecule has 80 valence electrons. The van der Waals surface area contributed by atoms with E-state index in [1.54, 1.807) is 6.92 Å². The minimum absolute atomic E-state index is 0.121. The third-order valence-electron chi connectivity index (χ3n) is 1.93. The first kappa shape index (κ1) is 11.0. The van der Waals surface area contributed by atoms with Crippen LogP contribution in [0.3, 0.4) is 0 Å². The Hall–Kier alpha value is -2.11. The quantitative estimate of drug-likeness (QED) is 0.449. The van der Waals surface area contributed by atoms with Gasteiger partial charge in [0, 0.05) is 6.42 Å². The van der Waals surface area contributed by atoms with Gasteiger partial charge in [-0.15, -0.1) is 0 Å². The predicted octanol–water partition coefficient (Wildman–Crippen LogP) is 1.60. The zero-order valence-corrected chi connectivity index (χ0v) is 7.93. The molecule has 1 aromatic carbocycles. The van der Waals surface area contributed by atoms with E-state index < -0.39 is 27.9 Å². The average Bonchev–Trinajstić information content (AvgIpc) is 2.16. The Kier molecular flexibility index (Phi) is 2.89. The number of nitrogens with zero attached hydrogens (tertiary/aromatic N) is 1. The molecule has 0 spiro atoms. The van der Waals surface area contributed by atoms with Crippen molar-refractivity contribution in [3.05, 3.63) is 27.8 Å². The van der Waals surface area contributed by atoms with Gasteiger partial charge in [-0.05, 0) is 12.1 Å². The number of benzene rings is 1. The van der Waals surface area contributed by atoms with Crippen LogP contribution in [0.25, 0.3) is 0 Å². The van der Waals surface area contributed by atoms with Crippen LogP contribution in [-0.4, -0.2) is 20.9 Å². The number of rotatable bonds is 3. The minimum Gasteiger partial charge on any atom is -0.502 e. The van der Waals surface area contributed by atoms with Crippen molar-refractivity contribution in [3.8, 4) is 11.5 Å². The Morgan fingerprint density at radius 2 is 2.07 bits per heavy atom. The highest BCUT2D eigenvalue weighted by Crippen LogP contribution is 2.38. The number of ketones is 1. The highest BCUT2D eigenvalue weighted by atomic mass is 16.6. The average molecular weight is 211 g/mol. The van der Waals surface area contributed by atoms with Gasteiger partial charge in [-0.2, -0.15) is 0 Å². The number of phenols is 2. The van der Waals surface area contributed by atoms with Crippen molar-refractivity contribution in [2.24, 2.45) is 0 Å². The molecule has 0 amide bonds. The molecule has 0 aromatic heterocycles. The summed E-state index contributed by atoms with van der Waals surface area (Å²) in [4.78, 5) is 20.8. The van der Waals surface area contributed by atoms with E-state index in [4.69, 9.17) is 5.11 Å². The SMILES string of the molecule is CCC(=O)c1ccc(O)c([N+](=O)[O-])c1O. The van der Waals surface area contributed by atoms with Crippen molar-refractivity contribution in [2.75, 3.05) is 0 Å². The number of carbonyl (C=O) groups excluding carboxylic acids is 1. The zero-order chi connectivity index (χ0) is 11.6. The molecule has 0 saturated heterocycles. The minimum atomic E-state index is -0.933. The number of carbonyl (C=O) groups is 1. The molecule has 2 N–H and O–H groups in total. The van der Waals surface area contributed by atoms with Crippen molar-refractivity contribution >= 4 is 11.5 Å². The summed E-state index contributed by atoms with van der Waals surface area (Å²) < 4.78 is 0. The molecule has 0 aliphatic carbocycles. The number of aromatic hydroxyl groups is 2. The van der Waals surface area contributed by atoms with Gasteiger partial charge < -0.3 is 10.2 Å². The summed E-state index contributed by atoms with van der Waals surface area (Å²) in [5.74, 6) is -1.87. The summed E-state index contributed by atoms with van der Waals surface area (Å²) in [6.07, 6.45) is 0.121. The number of nitro benzene ring substituents is 1. The first-order valence-electron chi connectivity index (χ1n) is 4.21. The molecule has 0 heterocycles. The number of nitro groups is 1. The van der Waals surface area contributed by atoms with Crippen LogP contribution in [-0.2, 0) is 0 Å². The maximum Gasteiger partial charge on any atom is 0.352 e. The first-order chi connectivity index (χ1) is 6.99. The van der Waals surface area contributed by atoms with Gasteiger partial charge in [0.1, 0.15) is 0 Å². The normalized spacial score (nSPS) is 9.93. The Morgan fingerprint density at radius 3 is 2.53 bits per heavy atom. The molecule has 6 nitrogen and oxygen atoms in total. The molecule has 0 atom stereocenters. The Morgan fingerprint density at radius 1 is 1.47 bits per heavy atom. The highest BCUT2D eigenvalue weighted by Gasteiger charge is 2.24. The first-order valence-corrected chi connectivity index (χ1v) is 4.21. The smallest absolute Gasteiger partial charge is 0.352 e. The summed E-state index contributed by atoms with van der Waals surface area (Å²) in [6.45, 7) is 1.57. The molecule has 0 unspecified atom stereocenters. The second-order valence-corrected chi connectivity index (χ2v) is 2.86. The maximum atomic E-state index is 11.3. The molecule has 0 aliphatic rings. The third-order valence-corrected chi connectivity index (χ3v) is 1.93. The Labute approximate surface area is 84.9 Å². The molecule has 0 bridgehead atoms. The fourth-order valence-corrected chi connectivity index (χ4v) is 1.16. The highest BCUT2D eigenvalue weighted by molar-refractivity contribution is 6.00. The van der Waals surface area contributed by atoms with Gasteiger partial charge in [-0.3, -0.25) is 14.9 Å². The van der Waals surface area contributed by atoms with Crippen molar-refractivity contribution in [2.45, 2.75) is 13.3 Å². The lowest BCUT2D eigenvalue weighted by atomic mass is 10.1. The molecule has 6 heteroatoms. The lowest BCUT2D eigenvalue weighted by Crippen LogP contribution is -1.99. The summed E-state index contributed by atoms with van der Waals surface area (Å²) in [5.41, 5.74) is -0.990. The van der Waals surface area contributed by atoms with Gasteiger partial charge in [0.15, 0.2) is 11.5 Å². The van der Waals surface area contributed by atoms with E-state index in [2.05, 4.69) is 0 Å². The lowest BCUT2D eigenvalue weighted by Gasteiger charge is -2.03. The van der Waals surface area contributed by atoms with E-state index in [0.717, 1.165) is 12.1 Å². The summed E-state index contributed by atoms with van der Waals surface area (Å²) >= 11 is 0. The number of phenolic OH excluding ortho intramolecular Hbond substituents is 2. The molecule has 0 radical (unpaired) electrons. The second-order valence-electron chi connectivity index (χ2n) is 2.86. The van der Waals surface area contributed by atoms with Gasteiger partial charge in [-0.1, -0.05) is 6.92 Å². The third kappa shape index (κ3) is 1.88. The van der Waals surface area contributed by atoms with Crippen LogP contribution in [0.5, 0.6) is 11.5 Å². The van der Waals surface area contributed by atoms with Crippen LogP contribution >= 0.6 is 0 Å². The fraction of sp³-hybridized carbons (Fsp3) is 0.222. The maximum absolute atomic E-state index is 11.3. The van der Waals surface area contributed by atoms with Crippen LogP contribution in [0.4, 0.5) is 5.69 Å². The largest absolute Gasteiger partial charge is 0.502 e. The van der Waals surface area contributed by atoms with Crippen molar-refractivity contribution in [1.82, 2.24) is 0 Å². The summed E-state index contributed by atoms with van der Waals surface area (Å²) in [5, 5.41) is 29.0. The molecule has 0 aliphatic heterocycles. The van der Waals surface area contributed by atoms with Gasteiger partial charge in [0.05, 0.1) is 10.5 Å². The van der Waals surface area contributed by atoms with Crippen LogP contribution in [0, 0.1) is 10.1 Å². The van der Waals surface area contributed by atoms with E-state index in [-0.39, 0.29) is 12.0 Å². The molecule has 0 saturated carbocycles. The number of hydrogen-bond donors (Lipinski definition) is 2. The fourth-order valence-electron chi connectivity index (χ4n) is 1.16. The van der Waals surface area contributed by atoms with E-state index in [0.29, 0.717) is 0 Å². The molecule has 15 heavy (non-hydrogen) atoms. The van der Waals surface area contributed by atoms with Gasteiger partial charge >= 0.3 is 5.69 Å². The standard InChI is InChI=1S/C9H9NO5/c1-2-6(11)5-3-4-7(12)8(9(5)13)10(14)15/h3-4,12-13H,2H2,1H3. The number of hydrogen-bond acceptors (Lipinski definition) is 5. The van der Waals surface area contributed by atoms with Crippen molar-refractivity contribution < 1.29 is 19.9 Å². The van der Waals surface area contributed by atoms with Crippen LogP contribution in [0.2, 0.25) is 0 Å². The lowest BCUT2D eigenvalue weighted by molar-refractivity contribution is -0.386. The topological polar surface area (TPSA) is 101 Å². The second kappa shape index (κ2) is 3.95. The molecular weight excluding hydrogens is 202 g/mol. The van der Waals surface area contributed by atoms with E-state index in [1.807, 2.05) is 0 Å². The van der Waals surface area contributed by atoms with E-state index in [9.17, 15) is 20.0 Å². The van der Waals surface area contributed by atoms with Gasteiger partial charge in [-0.25, -0.2) is 0 Å². The predicted molar refractivity (Wildman–Crippen MR) is 51.0 cm³/mol. The van der Waals surface area contributed by atoms with Crippen LogP contribution in [0.15, 0.2) is 12.1 Å². The summed E-state index contributed by atoms with van der Waals surface area (Å²) in [6, 6.07) is 2.17. The van der Waals surface area contributed by atoms with Crippen LogP contribution < -0.4 is 0 Å². The molecule has 1 aromatic rings. The summed E-state index contributed by atoms with van der Waals surface area (Å²) in [7, 11) is 0. The molecule has 0 fully saturated rings. The van der Waals surface area contributed by atoms with Gasteiger partial charge in [0.25, 0.3) is 0 Å². The van der Waals surface area contributed by atoms with Crippen molar-refractivity contribution in [3.63, 3.8) is 0 Å². The van der Waals surface area contributed by atoms with E-state index in [1.165, 1.54) is 0 Å². The Bertz CT molecular complexity index is 427. The zero-order valence-electron chi connectivity index (χ0n) is 7.93. The van der Waals surface area contributed by atoms with Crippen LogP contribution in [0.1, 0.15) is 23.7 Å². The van der Waals surface area contributed by atoms with Crippen molar-refractivity contribution in [1.29, 1.82) is 0 Å². The molecule has 1 rings (SSSR count).